The third-order valence-electron chi connectivity index (χ3n) is 2.80. The fraction of sp³-hybridized carbons (Fsp3) is 0.917. The molecule has 0 amide bonds. The molecule has 0 rings (SSSR count). The van der Waals surface area contributed by atoms with Gasteiger partial charge in [0.25, 0.3) is 0 Å². The van der Waals surface area contributed by atoms with Gasteiger partial charge in [-0.05, 0) is 24.7 Å². The molecule has 0 aromatic rings. The van der Waals surface area contributed by atoms with Crippen LogP contribution in [0.1, 0.15) is 40.0 Å². The van der Waals surface area contributed by atoms with Crippen LogP contribution in [0.25, 0.3) is 0 Å². The van der Waals surface area contributed by atoms with Crippen molar-refractivity contribution in [2.75, 3.05) is 19.8 Å². The average molecular weight is 232 g/mol. The molecule has 0 aliphatic carbocycles. The molecule has 0 aliphatic heterocycles. The number of carboxylic acids is 1. The molecule has 0 saturated heterocycles. The molecular formula is C12H24O4. The van der Waals surface area contributed by atoms with Crippen LogP contribution in [0.15, 0.2) is 0 Å². The van der Waals surface area contributed by atoms with Crippen molar-refractivity contribution < 1.29 is 19.7 Å². The van der Waals surface area contributed by atoms with E-state index in [1.165, 1.54) is 0 Å². The molecule has 1 atom stereocenters. The van der Waals surface area contributed by atoms with Crippen molar-refractivity contribution in [1.29, 1.82) is 0 Å². The molecule has 0 saturated carbocycles. The number of hydrogen-bond acceptors (Lipinski definition) is 3. The first kappa shape index (κ1) is 15.4. The Morgan fingerprint density at radius 2 is 2.00 bits per heavy atom. The Morgan fingerprint density at radius 3 is 2.44 bits per heavy atom. The van der Waals surface area contributed by atoms with Crippen molar-refractivity contribution >= 4 is 5.97 Å². The van der Waals surface area contributed by atoms with Gasteiger partial charge in [-0.1, -0.05) is 20.8 Å². The zero-order valence-electron chi connectivity index (χ0n) is 10.5. The van der Waals surface area contributed by atoms with E-state index in [-0.39, 0.29) is 17.9 Å². The number of aliphatic hydroxyl groups is 1. The van der Waals surface area contributed by atoms with Gasteiger partial charge in [0, 0.05) is 6.61 Å². The molecule has 16 heavy (non-hydrogen) atoms. The molecule has 0 spiro atoms. The Bertz CT molecular complexity index is 201. The zero-order chi connectivity index (χ0) is 12.6. The average Bonchev–Trinajstić information content (AvgIpc) is 2.21. The highest BCUT2D eigenvalue weighted by Crippen LogP contribution is 2.30. The van der Waals surface area contributed by atoms with Gasteiger partial charge in [-0.15, -0.1) is 0 Å². The lowest BCUT2D eigenvalue weighted by Crippen LogP contribution is -2.24. The second-order valence-corrected chi connectivity index (χ2v) is 4.90. The smallest absolute Gasteiger partial charge is 0.306 e. The largest absolute Gasteiger partial charge is 0.481 e. The van der Waals surface area contributed by atoms with E-state index in [1.807, 2.05) is 6.92 Å². The maximum Gasteiger partial charge on any atom is 0.306 e. The van der Waals surface area contributed by atoms with Gasteiger partial charge < -0.3 is 14.9 Å². The van der Waals surface area contributed by atoms with Crippen LogP contribution in [0.2, 0.25) is 0 Å². The Labute approximate surface area is 97.6 Å². The first-order valence-corrected chi connectivity index (χ1v) is 5.84. The van der Waals surface area contributed by atoms with E-state index in [4.69, 9.17) is 14.9 Å². The molecule has 4 heteroatoms. The van der Waals surface area contributed by atoms with Gasteiger partial charge in [0.05, 0.1) is 19.1 Å². The Hall–Kier alpha value is -0.610. The minimum Gasteiger partial charge on any atom is -0.481 e. The van der Waals surface area contributed by atoms with Crippen LogP contribution in [0.3, 0.4) is 0 Å². The highest BCUT2D eigenvalue weighted by molar-refractivity contribution is 5.69. The molecule has 2 N–H and O–H groups in total. The number of aliphatic hydroxyl groups excluding tert-OH is 1. The molecule has 0 bridgehead atoms. The number of carboxylic acid groups (broad SMARTS) is 1. The molecule has 0 aromatic carbocycles. The molecule has 0 aromatic heterocycles. The van der Waals surface area contributed by atoms with Crippen molar-refractivity contribution in [3.8, 4) is 0 Å². The van der Waals surface area contributed by atoms with Crippen LogP contribution >= 0.6 is 0 Å². The van der Waals surface area contributed by atoms with Gasteiger partial charge in [-0.2, -0.15) is 0 Å². The summed E-state index contributed by atoms with van der Waals surface area (Å²) in [5.41, 5.74) is -0.0332. The fourth-order valence-corrected chi connectivity index (χ4v) is 1.69. The maximum atomic E-state index is 10.9. The Balaban J connectivity index is 3.96. The quantitative estimate of drug-likeness (QED) is 0.596. The minimum atomic E-state index is -0.716. The van der Waals surface area contributed by atoms with Crippen molar-refractivity contribution in [2.24, 2.45) is 11.3 Å². The Morgan fingerprint density at radius 1 is 1.38 bits per heavy atom. The zero-order valence-corrected chi connectivity index (χ0v) is 10.5. The van der Waals surface area contributed by atoms with E-state index >= 15 is 0 Å². The van der Waals surface area contributed by atoms with Gasteiger partial charge in [0.2, 0.25) is 0 Å². The van der Waals surface area contributed by atoms with E-state index in [1.54, 1.807) is 0 Å². The van der Waals surface area contributed by atoms with Crippen LogP contribution in [-0.2, 0) is 9.53 Å². The highest BCUT2D eigenvalue weighted by Gasteiger charge is 2.26. The van der Waals surface area contributed by atoms with Crippen molar-refractivity contribution in [2.45, 2.75) is 40.0 Å². The number of ether oxygens (including phenoxy) is 1. The van der Waals surface area contributed by atoms with Gasteiger partial charge in [-0.25, -0.2) is 0 Å². The van der Waals surface area contributed by atoms with Crippen LogP contribution in [0, 0.1) is 11.3 Å². The molecule has 96 valence electrons. The summed E-state index contributed by atoms with van der Waals surface area (Å²) in [7, 11) is 0. The second kappa shape index (κ2) is 7.63. The van der Waals surface area contributed by atoms with Crippen molar-refractivity contribution in [1.82, 2.24) is 0 Å². The topological polar surface area (TPSA) is 66.8 Å². The number of hydrogen-bond donors (Lipinski definition) is 2. The number of carbonyl (C=O) groups is 1. The van der Waals surface area contributed by atoms with E-state index < -0.39 is 5.97 Å². The standard InChI is InChI=1S/C12H24O4/c1-4-10(11(14)15)9-12(2,3)5-7-16-8-6-13/h10,13H,4-9H2,1-3H3,(H,14,15). The van der Waals surface area contributed by atoms with E-state index in [0.717, 1.165) is 6.42 Å². The second-order valence-electron chi connectivity index (χ2n) is 4.90. The predicted octanol–water partition coefficient (Wildman–Crippen LogP) is 1.91. The van der Waals surface area contributed by atoms with E-state index in [9.17, 15) is 4.79 Å². The predicted molar refractivity (Wildman–Crippen MR) is 62.3 cm³/mol. The summed E-state index contributed by atoms with van der Waals surface area (Å²) in [5, 5.41) is 17.5. The van der Waals surface area contributed by atoms with Gasteiger partial charge in [0.15, 0.2) is 0 Å². The van der Waals surface area contributed by atoms with Gasteiger partial charge in [0.1, 0.15) is 0 Å². The molecule has 0 aliphatic rings. The molecular weight excluding hydrogens is 208 g/mol. The van der Waals surface area contributed by atoms with Crippen LogP contribution < -0.4 is 0 Å². The third kappa shape index (κ3) is 6.80. The van der Waals surface area contributed by atoms with E-state index in [2.05, 4.69) is 13.8 Å². The van der Waals surface area contributed by atoms with Crippen LogP contribution in [0.4, 0.5) is 0 Å². The molecule has 0 fully saturated rings. The lowest BCUT2D eigenvalue weighted by molar-refractivity contribution is -0.143. The maximum absolute atomic E-state index is 10.9. The third-order valence-corrected chi connectivity index (χ3v) is 2.80. The van der Waals surface area contributed by atoms with Crippen molar-refractivity contribution in [3.05, 3.63) is 0 Å². The van der Waals surface area contributed by atoms with Crippen molar-refractivity contribution in [3.63, 3.8) is 0 Å². The summed E-state index contributed by atoms with van der Waals surface area (Å²) in [5.74, 6) is -0.986. The van der Waals surface area contributed by atoms with Crippen LogP contribution in [-0.4, -0.2) is 36.0 Å². The van der Waals surface area contributed by atoms with Gasteiger partial charge >= 0.3 is 5.97 Å². The lowest BCUT2D eigenvalue weighted by Gasteiger charge is -2.27. The summed E-state index contributed by atoms with van der Waals surface area (Å²) in [6.07, 6.45) is 2.15. The highest BCUT2D eigenvalue weighted by atomic mass is 16.5. The van der Waals surface area contributed by atoms with E-state index in [0.29, 0.717) is 26.1 Å². The molecule has 4 nitrogen and oxygen atoms in total. The SMILES string of the molecule is CCC(CC(C)(C)CCOCCO)C(=O)O. The van der Waals surface area contributed by atoms with Crippen LogP contribution in [0.5, 0.6) is 0 Å². The summed E-state index contributed by atoms with van der Waals surface area (Å²) in [4.78, 5) is 10.9. The molecule has 0 radical (unpaired) electrons. The summed E-state index contributed by atoms with van der Waals surface area (Å²) in [6, 6.07) is 0. The Kier molecular flexibility index (Phi) is 7.34. The molecule has 0 heterocycles. The summed E-state index contributed by atoms with van der Waals surface area (Å²) >= 11 is 0. The van der Waals surface area contributed by atoms with Gasteiger partial charge in [-0.3, -0.25) is 4.79 Å². The monoisotopic (exact) mass is 232 g/mol. The fourth-order valence-electron chi connectivity index (χ4n) is 1.69. The number of aliphatic carboxylic acids is 1. The summed E-state index contributed by atoms with van der Waals surface area (Å²) in [6.45, 7) is 6.97. The first-order chi connectivity index (χ1) is 7.43. The summed E-state index contributed by atoms with van der Waals surface area (Å²) < 4.78 is 5.20. The normalized spacial score (nSPS) is 13.8. The lowest BCUT2D eigenvalue weighted by atomic mass is 9.79. The minimum absolute atomic E-state index is 0.0332. The number of rotatable bonds is 9. The first-order valence-electron chi connectivity index (χ1n) is 5.84. The molecule has 1 unspecified atom stereocenters.